The van der Waals surface area contributed by atoms with Crippen molar-refractivity contribution in [3.05, 3.63) is 53.1 Å². The number of ether oxygens (including phenoxy) is 1. The summed E-state index contributed by atoms with van der Waals surface area (Å²) in [5.41, 5.74) is 2.91. The fourth-order valence-corrected chi connectivity index (χ4v) is 5.09. The Bertz CT molecular complexity index is 958. The highest BCUT2D eigenvalue weighted by atomic mass is 128. The van der Waals surface area contributed by atoms with Gasteiger partial charge >= 0.3 is 5.97 Å². The fraction of sp³-hybridized carbons (Fsp3) is 0.381. The molecule has 0 aliphatic carbocycles. The monoisotopic (exact) mass is 644 g/mol. The lowest BCUT2D eigenvalue weighted by Crippen LogP contribution is -2.30. The molecular formula is C21H26I2O5S. The highest BCUT2D eigenvalue weighted by Gasteiger charge is 2.36. The summed E-state index contributed by atoms with van der Waals surface area (Å²) in [6.45, 7) is 7.72. The number of benzene rings is 1. The van der Waals surface area contributed by atoms with E-state index in [1.54, 1.807) is 25.1 Å². The Hall–Kier alpha value is -0.880. The van der Waals surface area contributed by atoms with E-state index in [-0.39, 0.29) is 11.2 Å². The first-order chi connectivity index (χ1) is 13.5. The second kappa shape index (κ2) is 10.9. The summed E-state index contributed by atoms with van der Waals surface area (Å²) in [7, 11) is -1.78. The molecule has 0 amide bonds. The molecule has 0 unspecified atom stereocenters. The van der Waals surface area contributed by atoms with E-state index >= 15 is 0 Å². The van der Waals surface area contributed by atoms with Crippen molar-refractivity contribution >= 4 is 58.6 Å². The molecule has 160 valence electrons. The molecule has 0 bridgehead atoms. The number of fused-ring (bicyclic) bond motifs is 1. The molecule has 29 heavy (non-hydrogen) atoms. The fourth-order valence-electron chi connectivity index (χ4n) is 3.14. The van der Waals surface area contributed by atoms with E-state index in [1.165, 1.54) is 7.11 Å². The molecule has 0 radical (unpaired) electrons. The van der Waals surface area contributed by atoms with Crippen LogP contribution in [0.15, 0.2) is 46.9 Å². The van der Waals surface area contributed by atoms with Crippen molar-refractivity contribution < 1.29 is 23.1 Å². The largest absolute Gasteiger partial charge is 0.496 e. The molecule has 1 aromatic carbocycles. The van der Waals surface area contributed by atoms with Gasteiger partial charge in [-0.2, -0.15) is 0 Å². The van der Waals surface area contributed by atoms with E-state index in [2.05, 4.69) is 51.1 Å². The van der Waals surface area contributed by atoms with E-state index in [0.717, 1.165) is 22.8 Å². The SMILES string of the molecule is COc1cc2c(cc1/C(C)=C/C=C/C(C)=C/C(=O)O)C(C)(C)CCS2(=O)=O.II. The number of carbonyl (C=O) groups is 1. The molecule has 1 aliphatic heterocycles. The van der Waals surface area contributed by atoms with E-state index in [0.29, 0.717) is 22.6 Å². The van der Waals surface area contributed by atoms with Gasteiger partial charge in [0, 0.05) is 48.9 Å². The number of halogens is 2. The smallest absolute Gasteiger partial charge is 0.328 e. The Morgan fingerprint density at radius 1 is 1.24 bits per heavy atom. The molecule has 1 heterocycles. The summed E-state index contributed by atoms with van der Waals surface area (Å²) in [6.07, 6.45) is 7.04. The Balaban J connectivity index is 0.00000204. The number of sulfone groups is 1. The quantitative estimate of drug-likeness (QED) is 0.245. The summed E-state index contributed by atoms with van der Waals surface area (Å²) < 4.78 is 30.5. The zero-order valence-corrected chi connectivity index (χ0v) is 22.3. The third-order valence-corrected chi connectivity index (χ3v) is 6.59. The molecule has 1 aromatic rings. The van der Waals surface area contributed by atoms with E-state index in [9.17, 15) is 13.2 Å². The lowest BCUT2D eigenvalue weighted by molar-refractivity contribution is -0.131. The number of hydrogen-bond acceptors (Lipinski definition) is 4. The molecule has 1 aliphatic rings. The van der Waals surface area contributed by atoms with Crippen LogP contribution in [0.25, 0.3) is 5.57 Å². The molecular weight excluding hydrogens is 618 g/mol. The van der Waals surface area contributed by atoms with Crippen molar-refractivity contribution in [1.82, 2.24) is 0 Å². The number of allylic oxidation sites excluding steroid dienone is 5. The minimum absolute atomic E-state index is 0.141. The maximum Gasteiger partial charge on any atom is 0.328 e. The number of aliphatic carboxylic acids is 1. The van der Waals surface area contributed by atoms with Crippen LogP contribution >= 0.6 is 37.2 Å². The second-order valence-electron chi connectivity index (χ2n) is 7.44. The van der Waals surface area contributed by atoms with Crippen LogP contribution in [0.1, 0.15) is 45.2 Å². The molecule has 8 heteroatoms. The van der Waals surface area contributed by atoms with Gasteiger partial charge in [-0.05, 0) is 54.5 Å². The second-order valence-corrected chi connectivity index (χ2v) is 9.51. The number of carboxylic acid groups (broad SMARTS) is 1. The molecule has 0 fully saturated rings. The number of rotatable bonds is 5. The van der Waals surface area contributed by atoms with Crippen LogP contribution in [0.2, 0.25) is 0 Å². The van der Waals surface area contributed by atoms with Crippen molar-refractivity contribution in [3.8, 4) is 5.75 Å². The van der Waals surface area contributed by atoms with Gasteiger partial charge in [-0.3, -0.25) is 0 Å². The van der Waals surface area contributed by atoms with Gasteiger partial charge in [-0.25, -0.2) is 13.2 Å². The van der Waals surface area contributed by atoms with Crippen molar-refractivity contribution in [1.29, 1.82) is 0 Å². The van der Waals surface area contributed by atoms with Crippen molar-refractivity contribution in [2.24, 2.45) is 0 Å². The number of carboxylic acids is 1. The highest BCUT2D eigenvalue weighted by molar-refractivity contribution is 15.0. The third-order valence-electron chi connectivity index (χ3n) is 4.84. The predicted octanol–water partition coefficient (Wildman–Crippen LogP) is 5.91. The highest BCUT2D eigenvalue weighted by Crippen LogP contribution is 2.42. The summed E-state index contributed by atoms with van der Waals surface area (Å²) in [4.78, 5) is 11.0. The third kappa shape index (κ3) is 6.81. The molecule has 0 saturated heterocycles. The van der Waals surface area contributed by atoms with Gasteiger partial charge in [0.05, 0.1) is 17.8 Å². The van der Waals surface area contributed by atoms with Gasteiger partial charge < -0.3 is 9.84 Å². The van der Waals surface area contributed by atoms with Gasteiger partial charge in [-0.15, -0.1) is 0 Å². The Labute approximate surface area is 196 Å². The Kier molecular flexibility index (Phi) is 9.87. The standard InChI is InChI=1S/C21H26O5S.I2/c1-14(11-20(22)23)7-6-8-15(2)16-12-17-19(13-18(16)26-5)27(24,25)10-9-21(17,3)4;1-2/h6-8,11-13H,9-10H2,1-5H3,(H,22,23);/b7-6+,14-11+,15-8+;. The van der Waals surface area contributed by atoms with E-state index in [4.69, 9.17) is 9.84 Å². The molecule has 5 nitrogen and oxygen atoms in total. The van der Waals surface area contributed by atoms with Crippen LogP contribution in [-0.2, 0) is 20.0 Å². The van der Waals surface area contributed by atoms with Gasteiger partial charge in [0.1, 0.15) is 5.75 Å². The first kappa shape index (κ1) is 26.2. The lowest BCUT2D eigenvalue weighted by Gasteiger charge is -2.33. The molecule has 1 N–H and O–H groups in total. The zero-order chi connectivity index (χ0) is 22.4. The summed E-state index contributed by atoms with van der Waals surface area (Å²) in [5.74, 6) is -0.338. The van der Waals surface area contributed by atoms with Crippen LogP contribution in [0.3, 0.4) is 0 Å². The minimum atomic E-state index is -3.30. The topological polar surface area (TPSA) is 80.7 Å². The lowest BCUT2D eigenvalue weighted by atomic mass is 9.80. The van der Waals surface area contributed by atoms with Crippen molar-refractivity contribution in [2.45, 2.75) is 44.4 Å². The van der Waals surface area contributed by atoms with Gasteiger partial charge in [-0.1, -0.05) is 32.1 Å². The van der Waals surface area contributed by atoms with Crippen molar-refractivity contribution in [3.63, 3.8) is 0 Å². The number of methoxy groups -OCH3 is 1. The average molecular weight is 644 g/mol. The minimum Gasteiger partial charge on any atom is -0.496 e. The molecule has 0 atom stereocenters. The van der Waals surface area contributed by atoms with Crippen molar-refractivity contribution in [2.75, 3.05) is 12.9 Å². The predicted molar refractivity (Wildman–Crippen MR) is 135 cm³/mol. The first-order valence-electron chi connectivity index (χ1n) is 8.84. The maximum atomic E-state index is 12.5. The molecule has 0 spiro atoms. The van der Waals surface area contributed by atoms with Gasteiger partial charge in [0.25, 0.3) is 0 Å². The van der Waals surface area contributed by atoms with Gasteiger partial charge in [0.2, 0.25) is 0 Å². The summed E-state index contributed by atoms with van der Waals surface area (Å²) >= 11 is 4.24. The normalized spacial score (nSPS) is 17.9. The van der Waals surface area contributed by atoms with Crippen LogP contribution < -0.4 is 4.74 Å². The number of hydrogen-bond donors (Lipinski definition) is 1. The average Bonchev–Trinajstić information content (AvgIpc) is 2.65. The van der Waals surface area contributed by atoms with Crippen LogP contribution in [0, 0.1) is 0 Å². The Morgan fingerprint density at radius 3 is 2.41 bits per heavy atom. The van der Waals surface area contributed by atoms with Crippen LogP contribution in [0.4, 0.5) is 0 Å². The van der Waals surface area contributed by atoms with E-state index < -0.39 is 15.8 Å². The first-order valence-corrected chi connectivity index (χ1v) is 16.8. The Morgan fingerprint density at radius 2 is 1.86 bits per heavy atom. The molecule has 2 rings (SSSR count). The van der Waals surface area contributed by atoms with Crippen LogP contribution in [-0.4, -0.2) is 32.4 Å². The molecule has 0 aromatic heterocycles. The van der Waals surface area contributed by atoms with Gasteiger partial charge in [0.15, 0.2) is 9.84 Å². The summed E-state index contributed by atoms with van der Waals surface area (Å²) in [6, 6.07) is 3.53. The molecule has 0 saturated carbocycles. The summed E-state index contributed by atoms with van der Waals surface area (Å²) in [5, 5.41) is 8.75. The maximum absolute atomic E-state index is 12.5. The van der Waals surface area contributed by atoms with Crippen LogP contribution in [0.5, 0.6) is 5.75 Å². The zero-order valence-electron chi connectivity index (χ0n) is 17.1. The van der Waals surface area contributed by atoms with E-state index in [1.807, 2.05) is 19.1 Å².